The fourth-order valence-corrected chi connectivity index (χ4v) is 1.31. The Morgan fingerprint density at radius 2 is 1.69 bits per heavy atom. The molecular weight excluding hydrogens is 192 g/mol. The van der Waals surface area contributed by atoms with Gasteiger partial charge in [-0.2, -0.15) is 6.07 Å². The third-order valence-corrected chi connectivity index (χ3v) is 1.76. The topological polar surface area (TPSA) is 0 Å². The summed E-state index contributed by atoms with van der Waals surface area (Å²) < 4.78 is 0. The molecule has 0 N–H and O–H groups in total. The quantitative estimate of drug-likeness (QED) is 0.455. The molecule has 1 heteroatoms. The maximum absolute atomic E-state index is 2.20. The SMILES string of the molecule is Cc1cc2ccccc2[cH-]1.[CH3-].[CH3-].[Ti+3]. The minimum absolute atomic E-state index is 0. The van der Waals surface area contributed by atoms with Crippen molar-refractivity contribution in [3.63, 3.8) is 0 Å². The molecule has 0 unspecified atom stereocenters. The fourth-order valence-electron chi connectivity index (χ4n) is 1.31. The van der Waals surface area contributed by atoms with Gasteiger partial charge in [0.1, 0.15) is 0 Å². The van der Waals surface area contributed by atoms with Crippen molar-refractivity contribution in [2.75, 3.05) is 0 Å². The van der Waals surface area contributed by atoms with Crippen LogP contribution in [0, 0.1) is 21.8 Å². The number of fused-ring (bicyclic) bond motifs is 1. The van der Waals surface area contributed by atoms with Gasteiger partial charge in [-0.05, 0) is 0 Å². The number of hydrogen-bond donors (Lipinski definition) is 0. The first-order valence-electron chi connectivity index (χ1n) is 3.48. The summed E-state index contributed by atoms with van der Waals surface area (Å²) in [7, 11) is 0. The van der Waals surface area contributed by atoms with Crippen molar-refractivity contribution in [1.82, 2.24) is 0 Å². The number of hydrogen-bond acceptors (Lipinski definition) is 0. The zero-order valence-electron chi connectivity index (χ0n) is 8.46. The van der Waals surface area contributed by atoms with Gasteiger partial charge in [0, 0.05) is 0 Å². The van der Waals surface area contributed by atoms with Gasteiger partial charge >= 0.3 is 21.7 Å². The second-order valence-electron chi connectivity index (χ2n) is 2.66. The van der Waals surface area contributed by atoms with Crippen LogP contribution < -0.4 is 0 Å². The normalized spacial score (nSPS) is 8.08. The van der Waals surface area contributed by atoms with Crippen LogP contribution in [-0.4, -0.2) is 0 Å². The van der Waals surface area contributed by atoms with Crippen molar-refractivity contribution in [1.29, 1.82) is 0 Å². The molecule has 0 aliphatic heterocycles. The monoisotopic (exact) mass is 207 g/mol. The molecule has 2 aromatic rings. The van der Waals surface area contributed by atoms with E-state index in [0.717, 1.165) is 0 Å². The summed E-state index contributed by atoms with van der Waals surface area (Å²) in [6, 6.07) is 12.8. The van der Waals surface area contributed by atoms with Crippen molar-refractivity contribution >= 4 is 10.8 Å². The van der Waals surface area contributed by atoms with E-state index in [1.54, 1.807) is 0 Å². The van der Waals surface area contributed by atoms with Crippen LogP contribution in [0.5, 0.6) is 0 Å². The van der Waals surface area contributed by atoms with Gasteiger partial charge in [0.2, 0.25) is 0 Å². The van der Waals surface area contributed by atoms with E-state index in [9.17, 15) is 0 Å². The molecule has 0 fully saturated rings. The first-order valence-corrected chi connectivity index (χ1v) is 3.48. The average Bonchev–Trinajstić information content (AvgIpc) is 2.27. The second kappa shape index (κ2) is 6.07. The Kier molecular flexibility index (Phi) is 7.02. The Bertz CT molecular complexity index is 314. The predicted molar refractivity (Wildman–Crippen MR) is 57.1 cm³/mol. The zero-order chi connectivity index (χ0) is 6.97. The summed E-state index contributed by atoms with van der Waals surface area (Å²) in [6.07, 6.45) is 0. The van der Waals surface area contributed by atoms with Gasteiger partial charge in [-0.25, -0.2) is 0 Å². The van der Waals surface area contributed by atoms with Gasteiger partial charge in [-0.1, -0.05) is 13.0 Å². The number of rotatable bonds is 0. The Hall–Kier alpha value is -0.456. The Balaban J connectivity index is 0. The Morgan fingerprint density at radius 3 is 2.31 bits per heavy atom. The molecule has 2 rings (SSSR count). The van der Waals surface area contributed by atoms with Gasteiger partial charge < -0.3 is 14.9 Å². The summed E-state index contributed by atoms with van der Waals surface area (Å²) in [5.74, 6) is 0. The third-order valence-electron chi connectivity index (χ3n) is 1.76. The molecule has 0 spiro atoms. The van der Waals surface area contributed by atoms with E-state index >= 15 is 0 Å². The number of aryl methyl sites for hydroxylation is 1. The van der Waals surface area contributed by atoms with Crippen LogP contribution in [-0.2, 0) is 21.7 Å². The molecule has 13 heavy (non-hydrogen) atoms. The van der Waals surface area contributed by atoms with Gasteiger partial charge in [-0.3, -0.25) is 0 Å². The maximum Gasteiger partial charge on any atom is 3.00 e. The van der Waals surface area contributed by atoms with Crippen LogP contribution >= 0.6 is 0 Å². The van der Waals surface area contributed by atoms with Crippen LogP contribution in [0.15, 0.2) is 36.4 Å². The van der Waals surface area contributed by atoms with Crippen LogP contribution in [0.1, 0.15) is 5.56 Å². The summed E-state index contributed by atoms with van der Waals surface area (Å²) in [5.41, 5.74) is 1.35. The van der Waals surface area contributed by atoms with Crippen LogP contribution in [0.2, 0.25) is 0 Å². The first-order chi connectivity index (χ1) is 4.86. The van der Waals surface area contributed by atoms with Crippen LogP contribution in [0.4, 0.5) is 0 Å². The van der Waals surface area contributed by atoms with E-state index in [0.29, 0.717) is 0 Å². The molecule has 0 bridgehead atoms. The summed E-state index contributed by atoms with van der Waals surface area (Å²) in [6.45, 7) is 2.12. The standard InChI is InChI=1S/C10H9.2CH3.Ti/c1-8-6-9-4-2-3-5-10(9)7-8;;;/h2-7H,1H3;2*1H3;/q3*-1;+3. The second-order valence-corrected chi connectivity index (χ2v) is 2.66. The van der Waals surface area contributed by atoms with Gasteiger partial charge in [-0.15, -0.1) is 40.6 Å². The Morgan fingerprint density at radius 1 is 1.08 bits per heavy atom. The van der Waals surface area contributed by atoms with Crippen molar-refractivity contribution < 1.29 is 21.7 Å². The molecule has 1 radical (unpaired) electrons. The summed E-state index contributed by atoms with van der Waals surface area (Å²) in [4.78, 5) is 0. The predicted octanol–water partition coefficient (Wildman–Crippen LogP) is 3.77. The maximum atomic E-state index is 2.20. The van der Waals surface area contributed by atoms with E-state index in [1.807, 2.05) is 0 Å². The van der Waals surface area contributed by atoms with E-state index in [2.05, 4.69) is 43.3 Å². The number of benzene rings is 1. The molecule has 2 aromatic carbocycles. The third kappa shape index (κ3) is 3.06. The summed E-state index contributed by atoms with van der Waals surface area (Å²) in [5, 5.41) is 2.69. The summed E-state index contributed by atoms with van der Waals surface area (Å²) >= 11 is 0. The van der Waals surface area contributed by atoms with Crippen molar-refractivity contribution in [3.8, 4) is 0 Å². The van der Waals surface area contributed by atoms with Crippen molar-refractivity contribution in [3.05, 3.63) is 56.8 Å². The Labute approximate surface area is 96.2 Å². The van der Waals surface area contributed by atoms with Crippen molar-refractivity contribution in [2.24, 2.45) is 0 Å². The van der Waals surface area contributed by atoms with Crippen LogP contribution in [0.25, 0.3) is 10.8 Å². The van der Waals surface area contributed by atoms with Crippen molar-refractivity contribution in [2.45, 2.75) is 6.92 Å². The molecule has 0 aromatic heterocycles. The fraction of sp³-hybridized carbons (Fsp3) is 0.0833. The first kappa shape index (κ1) is 15.0. The van der Waals surface area contributed by atoms with E-state index in [-0.39, 0.29) is 36.6 Å². The molecule has 0 aliphatic rings. The molecule has 0 nitrogen and oxygen atoms in total. The van der Waals surface area contributed by atoms with Gasteiger partial charge in [0.05, 0.1) is 0 Å². The van der Waals surface area contributed by atoms with E-state index < -0.39 is 0 Å². The van der Waals surface area contributed by atoms with E-state index in [4.69, 9.17) is 0 Å². The smallest absolute Gasteiger partial charge is 0.358 e. The van der Waals surface area contributed by atoms with Gasteiger partial charge in [0.15, 0.2) is 0 Å². The molecule has 0 amide bonds. The minimum Gasteiger partial charge on any atom is -0.358 e. The minimum atomic E-state index is 0. The zero-order valence-corrected chi connectivity index (χ0v) is 10.0. The van der Waals surface area contributed by atoms with E-state index in [1.165, 1.54) is 16.3 Å². The van der Waals surface area contributed by atoms with Crippen LogP contribution in [0.3, 0.4) is 0 Å². The molecular formula is C12H15Ti. The molecule has 0 saturated heterocycles. The molecule has 67 valence electrons. The molecule has 0 heterocycles. The average molecular weight is 207 g/mol. The van der Waals surface area contributed by atoms with Gasteiger partial charge in [0.25, 0.3) is 0 Å². The molecule has 0 saturated carbocycles. The largest absolute Gasteiger partial charge is 3.00 e. The molecule has 0 aliphatic carbocycles. The molecule has 0 atom stereocenters.